The number of nitrogens with zero attached hydrogens (tertiary/aromatic N) is 2. The topological polar surface area (TPSA) is 70.5 Å². The molecule has 1 heterocycles. The molecule has 112 valence electrons. The van der Waals surface area contributed by atoms with E-state index in [0.717, 1.165) is 10.4 Å². The van der Waals surface area contributed by atoms with Gasteiger partial charge >= 0.3 is 0 Å². The van der Waals surface area contributed by atoms with E-state index in [9.17, 15) is 12.8 Å². The highest BCUT2D eigenvalue weighted by atomic mass is 32.2. The fourth-order valence-electron chi connectivity index (χ4n) is 1.88. The van der Waals surface area contributed by atoms with Crippen molar-refractivity contribution in [2.75, 3.05) is 13.2 Å². The Morgan fingerprint density at radius 3 is 2.57 bits per heavy atom. The summed E-state index contributed by atoms with van der Waals surface area (Å²) in [5, 5.41) is 9.08. The summed E-state index contributed by atoms with van der Waals surface area (Å²) in [6.45, 7) is -0.454. The molecule has 21 heavy (non-hydrogen) atoms. The number of sulfonamides is 1. The zero-order valence-electron chi connectivity index (χ0n) is 11.2. The van der Waals surface area contributed by atoms with Crippen LogP contribution in [0.3, 0.4) is 0 Å². The summed E-state index contributed by atoms with van der Waals surface area (Å²) >= 11 is 0. The third-order valence-electron chi connectivity index (χ3n) is 2.89. The van der Waals surface area contributed by atoms with Crippen molar-refractivity contribution in [3.63, 3.8) is 0 Å². The van der Waals surface area contributed by atoms with Crippen LogP contribution in [0.25, 0.3) is 0 Å². The van der Waals surface area contributed by atoms with Crippen molar-refractivity contribution in [2.45, 2.75) is 11.4 Å². The molecule has 0 saturated carbocycles. The lowest BCUT2D eigenvalue weighted by atomic mass is 10.3. The minimum Gasteiger partial charge on any atom is -0.395 e. The molecule has 0 aliphatic rings. The SMILES string of the molecule is O=S(=O)(c1ccccc1F)N(CCO)Cc1cccnc1. The maximum absolute atomic E-state index is 13.7. The van der Waals surface area contributed by atoms with E-state index in [4.69, 9.17) is 5.11 Å². The number of rotatable bonds is 6. The fourth-order valence-corrected chi connectivity index (χ4v) is 3.37. The van der Waals surface area contributed by atoms with Crippen LogP contribution in [-0.2, 0) is 16.6 Å². The molecule has 0 aliphatic heterocycles. The molecule has 0 unspecified atom stereocenters. The summed E-state index contributed by atoms with van der Waals surface area (Å²) in [7, 11) is -4.02. The van der Waals surface area contributed by atoms with Gasteiger partial charge in [-0.25, -0.2) is 12.8 Å². The minimum absolute atomic E-state index is 0.0189. The second-order valence-electron chi connectivity index (χ2n) is 4.35. The van der Waals surface area contributed by atoms with Gasteiger partial charge in [0.1, 0.15) is 10.7 Å². The molecular weight excluding hydrogens is 295 g/mol. The van der Waals surface area contributed by atoms with Gasteiger partial charge in [0.2, 0.25) is 10.0 Å². The zero-order valence-corrected chi connectivity index (χ0v) is 12.0. The van der Waals surface area contributed by atoms with Gasteiger partial charge in [-0.1, -0.05) is 18.2 Å². The summed E-state index contributed by atoms with van der Waals surface area (Å²) in [5.74, 6) is -0.813. The lowest BCUT2D eigenvalue weighted by molar-refractivity contribution is 0.250. The fraction of sp³-hybridized carbons (Fsp3) is 0.214. The average Bonchev–Trinajstić information content (AvgIpc) is 2.48. The number of aliphatic hydroxyl groups is 1. The molecule has 0 amide bonds. The van der Waals surface area contributed by atoms with E-state index in [0.29, 0.717) is 5.56 Å². The number of aliphatic hydroxyl groups excluding tert-OH is 1. The second-order valence-corrected chi connectivity index (χ2v) is 6.26. The van der Waals surface area contributed by atoms with Crippen LogP contribution >= 0.6 is 0 Å². The Labute approximate surface area is 122 Å². The van der Waals surface area contributed by atoms with Gasteiger partial charge in [0.05, 0.1) is 6.61 Å². The molecular formula is C14H15FN2O3S. The Hall–Kier alpha value is -1.83. The number of hydrogen-bond donors (Lipinski definition) is 1. The first-order chi connectivity index (χ1) is 10.1. The number of benzene rings is 1. The average molecular weight is 310 g/mol. The molecule has 1 aromatic heterocycles. The minimum atomic E-state index is -4.02. The van der Waals surface area contributed by atoms with E-state index in [-0.39, 0.29) is 19.7 Å². The summed E-state index contributed by atoms with van der Waals surface area (Å²) < 4.78 is 39.8. The summed E-state index contributed by atoms with van der Waals surface area (Å²) in [5.41, 5.74) is 0.658. The van der Waals surface area contributed by atoms with E-state index in [1.165, 1.54) is 24.4 Å². The van der Waals surface area contributed by atoms with Crippen molar-refractivity contribution in [1.82, 2.24) is 9.29 Å². The molecule has 0 atom stereocenters. The predicted octanol–water partition coefficient (Wildman–Crippen LogP) is 1.40. The van der Waals surface area contributed by atoms with Crippen LogP contribution in [0.1, 0.15) is 5.56 Å². The second kappa shape index (κ2) is 6.75. The van der Waals surface area contributed by atoms with Crippen LogP contribution in [0, 0.1) is 5.82 Å². The van der Waals surface area contributed by atoms with Gasteiger partial charge in [-0.05, 0) is 23.8 Å². The molecule has 0 radical (unpaired) electrons. The van der Waals surface area contributed by atoms with Crippen LogP contribution in [0.2, 0.25) is 0 Å². The van der Waals surface area contributed by atoms with Crippen LogP contribution < -0.4 is 0 Å². The molecule has 0 bridgehead atoms. The van der Waals surface area contributed by atoms with Crippen molar-refractivity contribution < 1.29 is 17.9 Å². The van der Waals surface area contributed by atoms with E-state index < -0.39 is 20.7 Å². The predicted molar refractivity (Wildman–Crippen MR) is 75.3 cm³/mol. The molecule has 0 fully saturated rings. The van der Waals surface area contributed by atoms with Crippen LogP contribution in [0.5, 0.6) is 0 Å². The Kier molecular flexibility index (Phi) is 5.00. The van der Waals surface area contributed by atoms with Gasteiger partial charge in [0.15, 0.2) is 0 Å². The van der Waals surface area contributed by atoms with Gasteiger partial charge in [0.25, 0.3) is 0 Å². The van der Waals surface area contributed by atoms with E-state index in [2.05, 4.69) is 4.98 Å². The summed E-state index contributed by atoms with van der Waals surface area (Å²) in [6.07, 6.45) is 3.10. The highest BCUT2D eigenvalue weighted by Gasteiger charge is 2.27. The lowest BCUT2D eigenvalue weighted by Crippen LogP contribution is -2.33. The van der Waals surface area contributed by atoms with E-state index >= 15 is 0 Å². The highest BCUT2D eigenvalue weighted by molar-refractivity contribution is 7.89. The number of pyridine rings is 1. The Morgan fingerprint density at radius 1 is 1.19 bits per heavy atom. The Bertz CT molecular complexity index is 692. The van der Waals surface area contributed by atoms with Crippen LogP contribution in [0.4, 0.5) is 4.39 Å². The third-order valence-corrected chi connectivity index (χ3v) is 4.76. The Morgan fingerprint density at radius 2 is 1.95 bits per heavy atom. The molecule has 1 aromatic carbocycles. The van der Waals surface area contributed by atoms with Crippen molar-refractivity contribution in [2.24, 2.45) is 0 Å². The Balaban J connectivity index is 2.35. The third kappa shape index (κ3) is 3.63. The maximum Gasteiger partial charge on any atom is 0.246 e. The zero-order chi connectivity index (χ0) is 15.3. The molecule has 0 spiro atoms. The standard InChI is InChI=1S/C14H15FN2O3S/c15-13-5-1-2-6-14(13)21(19,20)17(8-9-18)11-12-4-3-7-16-10-12/h1-7,10,18H,8-9,11H2. The molecule has 0 aliphatic carbocycles. The van der Waals surface area contributed by atoms with Crippen LogP contribution in [0.15, 0.2) is 53.7 Å². The maximum atomic E-state index is 13.7. The molecule has 7 heteroatoms. The molecule has 5 nitrogen and oxygen atoms in total. The summed E-state index contributed by atoms with van der Waals surface area (Å²) in [4.78, 5) is 3.51. The largest absolute Gasteiger partial charge is 0.395 e. The van der Waals surface area contributed by atoms with Crippen molar-refractivity contribution in [1.29, 1.82) is 0 Å². The number of hydrogen-bond acceptors (Lipinski definition) is 4. The van der Waals surface area contributed by atoms with Gasteiger partial charge in [-0.15, -0.1) is 0 Å². The monoisotopic (exact) mass is 310 g/mol. The van der Waals surface area contributed by atoms with E-state index in [1.54, 1.807) is 18.3 Å². The van der Waals surface area contributed by atoms with Crippen molar-refractivity contribution in [3.8, 4) is 0 Å². The van der Waals surface area contributed by atoms with Crippen molar-refractivity contribution in [3.05, 3.63) is 60.2 Å². The number of aromatic nitrogens is 1. The van der Waals surface area contributed by atoms with Crippen LogP contribution in [-0.4, -0.2) is 36.0 Å². The molecule has 2 aromatic rings. The van der Waals surface area contributed by atoms with Crippen molar-refractivity contribution >= 4 is 10.0 Å². The van der Waals surface area contributed by atoms with E-state index in [1.807, 2.05) is 0 Å². The first-order valence-electron chi connectivity index (χ1n) is 6.30. The summed E-state index contributed by atoms with van der Waals surface area (Å²) in [6, 6.07) is 8.58. The highest BCUT2D eigenvalue weighted by Crippen LogP contribution is 2.20. The normalized spacial score (nSPS) is 11.8. The smallest absolute Gasteiger partial charge is 0.246 e. The van der Waals surface area contributed by atoms with Gasteiger partial charge in [0, 0.05) is 25.5 Å². The molecule has 2 rings (SSSR count). The van der Waals surface area contributed by atoms with Gasteiger partial charge in [-0.2, -0.15) is 4.31 Å². The number of halogens is 1. The quantitative estimate of drug-likeness (QED) is 0.875. The molecule has 1 N–H and O–H groups in total. The first-order valence-corrected chi connectivity index (χ1v) is 7.74. The van der Waals surface area contributed by atoms with Gasteiger partial charge < -0.3 is 5.11 Å². The first kappa shape index (κ1) is 15.6. The lowest BCUT2D eigenvalue weighted by Gasteiger charge is -2.21. The molecule has 0 saturated heterocycles. The van der Waals surface area contributed by atoms with Gasteiger partial charge in [-0.3, -0.25) is 4.98 Å².